The molecule has 3 N–H and O–H groups in total. The zero-order valence-electron chi connectivity index (χ0n) is 25.3. The number of ether oxygens (including phenoxy) is 3. The monoisotopic (exact) mass is 617 g/mol. The number of amides is 2. The maximum atomic E-state index is 13.3. The number of carbonyl (C=O) groups is 1. The van der Waals surface area contributed by atoms with E-state index >= 15 is 0 Å². The number of carbonyl (C=O) groups excluding carboxylic acids is 1. The van der Waals surface area contributed by atoms with Crippen molar-refractivity contribution in [2.75, 3.05) is 46.1 Å². The summed E-state index contributed by atoms with van der Waals surface area (Å²) >= 11 is 0. The van der Waals surface area contributed by atoms with E-state index in [9.17, 15) is 18.3 Å². The lowest BCUT2D eigenvalue weighted by atomic mass is 10.1. The number of unbranched alkanes of at least 4 members (excludes halogenated alkanes) is 5. The van der Waals surface area contributed by atoms with Gasteiger partial charge < -0.3 is 34.9 Å². The van der Waals surface area contributed by atoms with Crippen molar-refractivity contribution in [2.24, 2.45) is 0 Å². The van der Waals surface area contributed by atoms with Crippen LogP contribution in [-0.2, 0) is 16.3 Å². The van der Waals surface area contributed by atoms with Crippen molar-refractivity contribution in [2.45, 2.75) is 81.0 Å². The maximum Gasteiger partial charge on any atom is 0.317 e. The summed E-state index contributed by atoms with van der Waals surface area (Å²) in [4.78, 5) is 14.6. The molecule has 0 radical (unpaired) electrons. The van der Waals surface area contributed by atoms with Crippen LogP contribution in [0.3, 0.4) is 0 Å². The lowest BCUT2D eigenvalue weighted by Crippen LogP contribution is -2.47. The first kappa shape index (κ1) is 32.9. The SMILES string of the molecule is CCCCCCCCNC(=O)N1CCC(S(=O)(=O)c2ccc(CCNC[C@H](O)COc3ccc4c(c3)OCO4)cc2)CC1. The quantitative estimate of drug-likeness (QED) is 0.225. The minimum Gasteiger partial charge on any atom is -0.491 e. The van der Waals surface area contributed by atoms with Gasteiger partial charge in [-0.3, -0.25) is 0 Å². The molecule has 0 aromatic heterocycles. The summed E-state index contributed by atoms with van der Waals surface area (Å²) in [5.74, 6) is 1.92. The minimum absolute atomic E-state index is 0.0906. The third kappa shape index (κ3) is 10.0. The van der Waals surface area contributed by atoms with Gasteiger partial charge in [0.05, 0.1) is 10.1 Å². The van der Waals surface area contributed by atoms with Crippen LogP contribution in [0, 0.1) is 0 Å². The Morgan fingerprint density at radius 2 is 1.72 bits per heavy atom. The average molecular weight is 618 g/mol. The van der Waals surface area contributed by atoms with Crippen molar-refractivity contribution in [3.05, 3.63) is 48.0 Å². The van der Waals surface area contributed by atoms with Gasteiger partial charge in [-0.05, 0) is 62.1 Å². The highest BCUT2D eigenvalue weighted by molar-refractivity contribution is 7.92. The molecule has 238 valence electrons. The second-order valence-electron chi connectivity index (χ2n) is 11.3. The van der Waals surface area contributed by atoms with Crippen molar-refractivity contribution in [3.63, 3.8) is 0 Å². The molecule has 0 saturated carbocycles. The fourth-order valence-corrected chi connectivity index (χ4v) is 7.07. The Morgan fingerprint density at radius 1 is 1.00 bits per heavy atom. The molecule has 4 rings (SSSR count). The predicted octanol–water partition coefficient (Wildman–Crippen LogP) is 4.30. The highest BCUT2D eigenvalue weighted by Gasteiger charge is 2.32. The zero-order chi connectivity index (χ0) is 30.5. The summed E-state index contributed by atoms with van der Waals surface area (Å²) in [6.07, 6.45) is 7.94. The second kappa shape index (κ2) is 16.7. The minimum atomic E-state index is -3.46. The van der Waals surface area contributed by atoms with Crippen LogP contribution in [0.5, 0.6) is 17.2 Å². The summed E-state index contributed by atoms with van der Waals surface area (Å²) < 4.78 is 42.8. The number of urea groups is 1. The zero-order valence-corrected chi connectivity index (χ0v) is 26.1. The number of sulfone groups is 1. The van der Waals surface area contributed by atoms with Crippen LogP contribution in [0.2, 0.25) is 0 Å². The number of benzene rings is 2. The molecule has 2 heterocycles. The molecule has 11 heteroatoms. The van der Waals surface area contributed by atoms with Crippen LogP contribution in [0.1, 0.15) is 63.9 Å². The molecule has 1 saturated heterocycles. The van der Waals surface area contributed by atoms with Crippen LogP contribution in [0.15, 0.2) is 47.4 Å². The first-order valence-corrected chi connectivity index (χ1v) is 17.2. The smallest absolute Gasteiger partial charge is 0.317 e. The van der Waals surface area contributed by atoms with E-state index in [2.05, 4.69) is 17.6 Å². The molecule has 0 unspecified atom stereocenters. The normalized spacial score (nSPS) is 15.8. The van der Waals surface area contributed by atoms with Gasteiger partial charge in [-0.2, -0.15) is 0 Å². The summed E-state index contributed by atoms with van der Waals surface area (Å²) in [7, 11) is -3.46. The number of aliphatic hydroxyl groups excluding tert-OH is 1. The van der Waals surface area contributed by atoms with Crippen LogP contribution in [0.4, 0.5) is 4.79 Å². The first-order chi connectivity index (χ1) is 20.9. The molecular formula is C32H47N3O7S. The number of likely N-dealkylation sites (tertiary alicyclic amines) is 1. The van der Waals surface area contributed by atoms with Crippen LogP contribution in [-0.4, -0.2) is 81.9 Å². The van der Waals surface area contributed by atoms with Gasteiger partial charge in [0, 0.05) is 32.2 Å². The molecule has 0 aliphatic carbocycles. The topological polar surface area (TPSA) is 126 Å². The van der Waals surface area contributed by atoms with Gasteiger partial charge in [-0.25, -0.2) is 13.2 Å². The standard InChI is InChI=1S/C32H47N3O7S/c1-2-3-4-5-6-7-17-34-32(37)35-19-15-29(16-20-35)43(38,39)28-11-8-25(9-12-28)14-18-33-22-26(36)23-40-27-10-13-30-31(21-27)42-24-41-30/h8-13,21,26,29,33,36H,2-7,14-20,22-24H2,1H3,(H,34,37)/t26-/m0/s1. The van der Waals surface area contributed by atoms with E-state index in [-0.39, 0.29) is 19.4 Å². The van der Waals surface area contributed by atoms with E-state index in [4.69, 9.17) is 14.2 Å². The number of hydrogen-bond acceptors (Lipinski definition) is 8. The van der Waals surface area contributed by atoms with Crippen LogP contribution < -0.4 is 24.8 Å². The fourth-order valence-electron chi connectivity index (χ4n) is 5.34. The Hall–Kier alpha value is -3.02. The molecule has 1 atom stereocenters. The van der Waals surface area contributed by atoms with Gasteiger partial charge in [-0.1, -0.05) is 51.2 Å². The van der Waals surface area contributed by atoms with Crippen molar-refractivity contribution >= 4 is 15.9 Å². The van der Waals surface area contributed by atoms with Gasteiger partial charge in [0.2, 0.25) is 6.79 Å². The van der Waals surface area contributed by atoms with E-state index in [0.717, 1.165) is 18.4 Å². The second-order valence-corrected chi connectivity index (χ2v) is 13.5. The van der Waals surface area contributed by atoms with Crippen molar-refractivity contribution in [3.8, 4) is 17.2 Å². The number of piperidine rings is 1. The van der Waals surface area contributed by atoms with Crippen LogP contribution >= 0.6 is 0 Å². The van der Waals surface area contributed by atoms with E-state index in [1.54, 1.807) is 35.2 Å². The molecule has 43 heavy (non-hydrogen) atoms. The number of hydrogen-bond donors (Lipinski definition) is 3. The van der Waals surface area contributed by atoms with Crippen LogP contribution in [0.25, 0.3) is 0 Å². The first-order valence-electron chi connectivity index (χ1n) is 15.6. The fraction of sp³-hybridized carbons (Fsp3) is 0.594. The van der Waals surface area contributed by atoms with Gasteiger partial charge in [0.1, 0.15) is 18.5 Å². The van der Waals surface area contributed by atoms with E-state index in [0.29, 0.717) is 74.1 Å². The molecular weight excluding hydrogens is 570 g/mol. The van der Waals surface area contributed by atoms with Gasteiger partial charge in [-0.15, -0.1) is 0 Å². The molecule has 2 aliphatic heterocycles. The highest BCUT2D eigenvalue weighted by atomic mass is 32.2. The van der Waals surface area contributed by atoms with Gasteiger partial charge >= 0.3 is 6.03 Å². The van der Waals surface area contributed by atoms with Gasteiger partial charge in [0.25, 0.3) is 0 Å². The van der Waals surface area contributed by atoms with Crippen molar-refractivity contribution < 1.29 is 32.5 Å². The molecule has 10 nitrogen and oxygen atoms in total. The Morgan fingerprint density at radius 3 is 2.49 bits per heavy atom. The summed E-state index contributed by atoms with van der Waals surface area (Å²) in [6, 6.07) is 12.3. The predicted molar refractivity (Wildman–Crippen MR) is 166 cm³/mol. The Balaban J connectivity index is 1.11. The van der Waals surface area contributed by atoms with E-state index in [1.165, 1.54) is 25.7 Å². The van der Waals surface area contributed by atoms with Gasteiger partial charge in [0.15, 0.2) is 21.3 Å². The third-order valence-corrected chi connectivity index (χ3v) is 10.3. The molecule has 2 aromatic carbocycles. The molecule has 2 amide bonds. The van der Waals surface area contributed by atoms with Crippen molar-refractivity contribution in [1.29, 1.82) is 0 Å². The van der Waals surface area contributed by atoms with E-state index in [1.807, 2.05) is 12.1 Å². The number of rotatable bonds is 17. The van der Waals surface area contributed by atoms with Crippen molar-refractivity contribution in [1.82, 2.24) is 15.5 Å². The lowest BCUT2D eigenvalue weighted by Gasteiger charge is -2.31. The van der Waals surface area contributed by atoms with E-state index < -0.39 is 21.2 Å². The highest BCUT2D eigenvalue weighted by Crippen LogP contribution is 2.35. The molecule has 0 bridgehead atoms. The molecule has 1 fully saturated rings. The number of nitrogens with one attached hydrogen (secondary N) is 2. The Bertz CT molecular complexity index is 1250. The molecule has 2 aliphatic rings. The number of fused-ring (bicyclic) bond motifs is 1. The Kier molecular flexibility index (Phi) is 12.8. The average Bonchev–Trinajstić information content (AvgIpc) is 3.50. The third-order valence-electron chi connectivity index (χ3n) is 7.98. The lowest BCUT2D eigenvalue weighted by molar-refractivity contribution is 0.106. The Labute approximate surface area is 256 Å². The maximum absolute atomic E-state index is 13.3. The number of aliphatic hydroxyl groups is 1. The molecule has 0 spiro atoms. The summed E-state index contributed by atoms with van der Waals surface area (Å²) in [6.45, 7) is 5.10. The summed E-state index contributed by atoms with van der Waals surface area (Å²) in [5, 5.41) is 16.0. The summed E-state index contributed by atoms with van der Waals surface area (Å²) in [5.41, 5.74) is 1.01. The largest absolute Gasteiger partial charge is 0.491 e. The molecule has 2 aromatic rings. The number of nitrogens with zero attached hydrogens (tertiary/aromatic N) is 1.